The van der Waals surface area contributed by atoms with Crippen molar-refractivity contribution in [1.29, 1.82) is 0 Å². The number of ether oxygens (including phenoxy) is 3. The van der Waals surface area contributed by atoms with Gasteiger partial charge < -0.3 is 24.4 Å². The molecule has 0 radical (unpaired) electrons. The Morgan fingerprint density at radius 2 is 1.51 bits per heavy atom. The first kappa shape index (κ1) is 26.3. The number of nitrogens with zero attached hydrogens (tertiary/aromatic N) is 3. The van der Waals surface area contributed by atoms with E-state index in [1.165, 1.54) is 25.7 Å². The van der Waals surface area contributed by atoms with Gasteiger partial charge >= 0.3 is 0 Å². The maximum atomic E-state index is 13.2. The van der Waals surface area contributed by atoms with Crippen LogP contribution in [0.5, 0.6) is 17.2 Å². The number of anilines is 2. The number of rotatable bonds is 10. The fourth-order valence-corrected chi connectivity index (χ4v) is 4.43. The molecule has 2 aromatic carbocycles. The fraction of sp³-hybridized carbons (Fsp3) is 0.414. The molecule has 0 atom stereocenters. The van der Waals surface area contributed by atoms with Gasteiger partial charge in [0.05, 0.1) is 25.5 Å². The third kappa shape index (κ3) is 6.70. The van der Waals surface area contributed by atoms with Crippen LogP contribution in [-0.2, 0) is 0 Å². The number of hydrogen-bond donors (Lipinski definition) is 1. The second kappa shape index (κ2) is 12.9. The summed E-state index contributed by atoms with van der Waals surface area (Å²) in [7, 11) is 0. The standard InChI is InChI=1S/C29H36N4O4/c1-4-35-25-19-22(20-26(36-5-2)28(25)37-6-3)29(34)30-23-13-11-12-21(18-23)24-14-15-27(32-31-24)33-16-9-7-8-10-17-33/h11-15,18-20H,4-10,16-17H2,1-3H3,(H,30,34). The molecule has 8 nitrogen and oxygen atoms in total. The van der Waals surface area contributed by atoms with Gasteiger partial charge in [0, 0.05) is 29.9 Å². The van der Waals surface area contributed by atoms with E-state index >= 15 is 0 Å². The van der Waals surface area contributed by atoms with Crippen LogP contribution in [0.25, 0.3) is 11.3 Å². The maximum Gasteiger partial charge on any atom is 0.255 e. The lowest BCUT2D eigenvalue weighted by molar-refractivity contribution is 0.102. The first-order valence-electron chi connectivity index (χ1n) is 13.2. The van der Waals surface area contributed by atoms with E-state index in [9.17, 15) is 4.79 Å². The van der Waals surface area contributed by atoms with E-state index in [1.54, 1.807) is 12.1 Å². The number of amides is 1. The monoisotopic (exact) mass is 504 g/mol. The van der Waals surface area contributed by atoms with Gasteiger partial charge in [-0.2, -0.15) is 0 Å². The number of hydrogen-bond acceptors (Lipinski definition) is 7. The number of carbonyl (C=O) groups is 1. The topological polar surface area (TPSA) is 85.8 Å². The third-order valence-corrected chi connectivity index (χ3v) is 6.17. The smallest absolute Gasteiger partial charge is 0.255 e. The Balaban J connectivity index is 1.52. The summed E-state index contributed by atoms with van der Waals surface area (Å²) in [6.45, 7) is 9.06. The Hall–Kier alpha value is -3.81. The molecule has 1 aliphatic heterocycles. The van der Waals surface area contributed by atoms with Crippen molar-refractivity contribution in [3.8, 4) is 28.5 Å². The van der Waals surface area contributed by atoms with Crippen LogP contribution in [-0.4, -0.2) is 49.0 Å². The lowest BCUT2D eigenvalue weighted by Crippen LogP contribution is -2.25. The molecule has 1 fully saturated rings. The number of benzene rings is 2. The van der Waals surface area contributed by atoms with Gasteiger partial charge in [-0.05, 0) is 70.0 Å². The quantitative estimate of drug-likeness (QED) is 0.364. The molecule has 0 bridgehead atoms. The summed E-state index contributed by atoms with van der Waals surface area (Å²) >= 11 is 0. The van der Waals surface area contributed by atoms with E-state index in [4.69, 9.17) is 14.2 Å². The molecule has 4 rings (SSSR count). The molecular formula is C29H36N4O4. The number of aromatic nitrogens is 2. The zero-order valence-corrected chi connectivity index (χ0v) is 22.0. The molecule has 1 amide bonds. The summed E-state index contributed by atoms with van der Waals surface area (Å²) in [6, 6.07) is 15.0. The van der Waals surface area contributed by atoms with Crippen LogP contribution in [0.15, 0.2) is 48.5 Å². The fourth-order valence-electron chi connectivity index (χ4n) is 4.43. The van der Waals surface area contributed by atoms with Crippen molar-refractivity contribution >= 4 is 17.4 Å². The van der Waals surface area contributed by atoms with Crippen LogP contribution < -0.4 is 24.4 Å². The molecule has 0 saturated carbocycles. The highest BCUT2D eigenvalue weighted by atomic mass is 16.5. The first-order valence-corrected chi connectivity index (χ1v) is 13.2. The van der Waals surface area contributed by atoms with E-state index < -0.39 is 0 Å². The minimum atomic E-state index is -0.273. The van der Waals surface area contributed by atoms with Crippen LogP contribution in [0, 0.1) is 0 Å². The van der Waals surface area contributed by atoms with Gasteiger partial charge in [0.1, 0.15) is 0 Å². The van der Waals surface area contributed by atoms with Crippen molar-refractivity contribution in [1.82, 2.24) is 10.2 Å². The Labute approximate surface area is 219 Å². The van der Waals surface area contributed by atoms with Crippen molar-refractivity contribution in [3.05, 3.63) is 54.1 Å². The minimum absolute atomic E-state index is 0.273. The average Bonchev–Trinajstić information content (AvgIpc) is 3.21. The number of carbonyl (C=O) groups excluding carboxylic acids is 1. The van der Waals surface area contributed by atoms with Crippen molar-refractivity contribution < 1.29 is 19.0 Å². The average molecular weight is 505 g/mol. The Morgan fingerprint density at radius 1 is 0.838 bits per heavy atom. The van der Waals surface area contributed by atoms with Crippen molar-refractivity contribution in [3.63, 3.8) is 0 Å². The molecule has 1 aliphatic rings. The molecule has 196 valence electrons. The Morgan fingerprint density at radius 3 is 2.11 bits per heavy atom. The van der Waals surface area contributed by atoms with Crippen molar-refractivity contribution in [2.24, 2.45) is 0 Å². The summed E-state index contributed by atoms with van der Waals surface area (Å²) in [4.78, 5) is 15.5. The molecule has 1 saturated heterocycles. The molecular weight excluding hydrogens is 468 g/mol. The summed E-state index contributed by atoms with van der Waals surface area (Å²) in [6.07, 6.45) is 4.93. The zero-order chi connectivity index (χ0) is 26.0. The SMILES string of the molecule is CCOc1cc(C(=O)Nc2cccc(-c3ccc(N4CCCCCC4)nn3)c2)cc(OCC)c1OCC. The second-order valence-corrected chi connectivity index (χ2v) is 8.81. The van der Waals surface area contributed by atoms with Crippen molar-refractivity contribution in [2.45, 2.75) is 46.5 Å². The highest BCUT2D eigenvalue weighted by Crippen LogP contribution is 2.39. The summed E-state index contributed by atoms with van der Waals surface area (Å²) in [5, 5.41) is 11.9. The van der Waals surface area contributed by atoms with E-state index in [0.29, 0.717) is 48.3 Å². The van der Waals surface area contributed by atoms with Gasteiger partial charge in [0.15, 0.2) is 17.3 Å². The molecule has 0 spiro atoms. The van der Waals surface area contributed by atoms with Crippen LogP contribution in [0.3, 0.4) is 0 Å². The summed E-state index contributed by atoms with van der Waals surface area (Å²) < 4.78 is 17.2. The molecule has 2 heterocycles. The van der Waals surface area contributed by atoms with E-state index in [0.717, 1.165) is 30.2 Å². The summed E-state index contributed by atoms with van der Waals surface area (Å²) in [5.74, 6) is 2.11. The molecule has 3 aromatic rings. The highest BCUT2D eigenvalue weighted by Gasteiger charge is 2.19. The molecule has 0 aliphatic carbocycles. The lowest BCUT2D eigenvalue weighted by Gasteiger charge is -2.20. The highest BCUT2D eigenvalue weighted by molar-refractivity contribution is 6.05. The summed E-state index contributed by atoms with van der Waals surface area (Å²) in [5.41, 5.74) is 2.71. The van der Waals surface area contributed by atoms with E-state index in [2.05, 4.69) is 20.4 Å². The predicted octanol–water partition coefficient (Wildman–Crippen LogP) is 5.97. The largest absolute Gasteiger partial charge is 0.490 e. The van der Waals surface area contributed by atoms with E-state index in [1.807, 2.05) is 57.2 Å². The van der Waals surface area contributed by atoms with Gasteiger partial charge in [0.25, 0.3) is 5.91 Å². The molecule has 1 N–H and O–H groups in total. The Kier molecular flexibility index (Phi) is 9.18. The first-order chi connectivity index (χ1) is 18.1. The van der Waals surface area contributed by atoms with Crippen LogP contribution >= 0.6 is 0 Å². The molecule has 37 heavy (non-hydrogen) atoms. The number of nitrogens with one attached hydrogen (secondary N) is 1. The third-order valence-electron chi connectivity index (χ3n) is 6.17. The van der Waals surface area contributed by atoms with Crippen LogP contribution in [0.2, 0.25) is 0 Å². The second-order valence-electron chi connectivity index (χ2n) is 8.81. The lowest BCUT2D eigenvalue weighted by atomic mass is 10.1. The van der Waals surface area contributed by atoms with Gasteiger partial charge in [-0.15, -0.1) is 10.2 Å². The molecule has 0 unspecified atom stereocenters. The zero-order valence-electron chi connectivity index (χ0n) is 22.0. The van der Waals surface area contributed by atoms with Crippen molar-refractivity contribution in [2.75, 3.05) is 43.1 Å². The normalized spacial score (nSPS) is 13.5. The van der Waals surface area contributed by atoms with Crippen LogP contribution in [0.1, 0.15) is 56.8 Å². The maximum absolute atomic E-state index is 13.2. The molecule has 8 heteroatoms. The van der Waals surface area contributed by atoms with Gasteiger partial charge in [-0.1, -0.05) is 25.0 Å². The van der Waals surface area contributed by atoms with Gasteiger partial charge in [-0.25, -0.2) is 0 Å². The minimum Gasteiger partial charge on any atom is -0.490 e. The predicted molar refractivity (Wildman–Crippen MR) is 146 cm³/mol. The Bertz CT molecular complexity index is 1150. The van der Waals surface area contributed by atoms with Gasteiger partial charge in [-0.3, -0.25) is 4.79 Å². The van der Waals surface area contributed by atoms with Crippen LogP contribution in [0.4, 0.5) is 11.5 Å². The van der Waals surface area contributed by atoms with E-state index in [-0.39, 0.29) is 5.91 Å². The van der Waals surface area contributed by atoms with Gasteiger partial charge in [0.2, 0.25) is 5.75 Å². The molecule has 1 aromatic heterocycles.